The lowest BCUT2D eigenvalue weighted by Gasteiger charge is -2.05. The molecular formula is C20H20N2O4S. The molecule has 140 valence electrons. The zero-order valence-electron chi connectivity index (χ0n) is 15.1. The molecule has 1 aromatic carbocycles. The normalized spacial score (nSPS) is 11.3. The fraction of sp³-hybridized carbons (Fsp3) is 0.250. The molecule has 0 unspecified atom stereocenters. The van der Waals surface area contributed by atoms with E-state index in [-0.39, 0.29) is 12.2 Å². The van der Waals surface area contributed by atoms with Crippen LogP contribution in [0.15, 0.2) is 36.5 Å². The second kappa shape index (κ2) is 8.18. The number of thiazole rings is 1. The van der Waals surface area contributed by atoms with Crippen LogP contribution in [0.3, 0.4) is 0 Å². The maximum absolute atomic E-state index is 12.4. The number of hydrogen-bond acceptors (Lipinski definition) is 5. The minimum atomic E-state index is -0.838. The molecule has 0 bridgehead atoms. The van der Waals surface area contributed by atoms with Crippen LogP contribution in [0.1, 0.15) is 39.5 Å². The molecule has 0 saturated heterocycles. The summed E-state index contributed by atoms with van der Waals surface area (Å²) >= 11 is 1.62. The van der Waals surface area contributed by atoms with Crippen LogP contribution < -0.4 is 4.74 Å². The quantitative estimate of drug-likeness (QED) is 0.358. The number of aryl methyl sites for hydroxylation is 2. The number of imidazole rings is 1. The number of ketones is 1. The number of ether oxygens (including phenoxy) is 1. The Morgan fingerprint density at radius 2 is 2.00 bits per heavy atom. The third-order valence-corrected chi connectivity index (χ3v) is 4.90. The third kappa shape index (κ3) is 4.62. The largest absolute Gasteiger partial charge is 0.494 e. The Bertz CT molecular complexity index is 999. The highest BCUT2D eigenvalue weighted by Gasteiger charge is 2.09. The highest BCUT2D eigenvalue weighted by molar-refractivity contribution is 7.17. The molecule has 2 aromatic heterocycles. The summed E-state index contributed by atoms with van der Waals surface area (Å²) in [4.78, 5) is 29.5. The van der Waals surface area contributed by atoms with Crippen LogP contribution in [0, 0.1) is 13.8 Å². The van der Waals surface area contributed by atoms with E-state index in [1.807, 2.05) is 24.4 Å². The molecule has 0 fully saturated rings. The summed E-state index contributed by atoms with van der Waals surface area (Å²) < 4.78 is 7.47. The molecule has 0 radical (unpaired) electrons. The Morgan fingerprint density at radius 1 is 1.26 bits per heavy atom. The highest BCUT2D eigenvalue weighted by atomic mass is 32.1. The van der Waals surface area contributed by atoms with Gasteiger partial charge < -0.3 is 9.84 Å². The second-order valence-corrected chi connectivity index (χ2v) is 7.36. The summed E-state index contributed by atoms with van der Waals surface area (Å²) in [5.41, 5.74) is 2.35. The monoisotopic (exact) mass is 384 g/mol. The maximum Gasteiger partial charge on any atom is 0.303 e. The molecular weight excluding hydrogens is 364 g/mol. The van der Waals surface area contributed by atoms with E-state index in [0.717, 1.165) is 21.2 Å². The molecule has 7 heteroatoms. The number of rotatable bonds is 8. The molecule has 0 aliphatic rings. The zero-order chi connectivity index (χ0) is 19.4. The summed E-state index contributed by atoms with van der Waals surface area (Å²) in [7, 11) is 0. The fourth-order valence-corrected chi connectivity index (χ4v) is 3.54. The number of allylic oxidation sites excluding steroid dienone is 1. The molecule has 27 heavy (non-hydrogen) atoms. The molecule has 0 amide bonds. The molecule has 1 N–H and O–H groups in total. The van der Waals surface area contributed by atoms with Gasteiger partial charge in [0.25, 0.3) is 0 Å². The second-order valence-electron chi connectivity index (χ2n) is 6.14. The summed E-state index contributed by atoms with van der Waals surface area (Å²) in [6.07, 6.45) is 5.87. The summed E-state index contributed by atoms with van der Waals surface area (Å²) in [5.74, 6) is -0.327. The predicted molar refractivity (Wildman–Crippen MR) is 105 cm³/mol. The minimum absolute atomic E-state index is 0.0757. The summed E-state index contributed by atoms with van der Waals surface area (Å²) in [5, 5.41) is 8.60. The van der Waals surface area contributed by atoms with Crippen LogP contribution in [0.2, 0.25) is 0 Å². The van der Waals surface area contributed by atoms with Gasteiger partial charge in [-0.15, -0.1) is 11.3 Å². The molecule has 2 heterocycles. The van der Waals surface area contributed by atoms with E-state index in [1.54, 1.807) is 47.8 Å². The molecule has 0 spiro atoms. The summed E-state index contributed by atoms with van der Waals surface area (Å²) in [6.45, 7) is 4.28. The molecule has 0 saturated carbocycles. The number of carbonyl (C=O) groups is 2. The third-order valence-electron chi connectivity index (χ3n) is 4.00. The molecule has 3 aromatic rings. The lowest BCUT2D eigenvalue weighted by atomic mass is 10.1. The van der Waals surface area contributed by atoms with Gasteiger partial charge in [0.1, 0.15) is 5.75 Å². The van der Waals surface area contributed by atoms with E-state index in [1.165, 1.54) is 0 Å². The molecule has 0 aliphatic carbocycles. The number of carboxylic acids is 1. The first-order valence-electron chi connectivity index (χ1n) is 8.56. The van der Waals surface area contributed by atoms with E-state index in [2.05, 4.69) is 4.98 Å². The van der Waals surface area contributed by atoms with Crippen molar-refractivity contribution in [2.75, 3.05) is 6.61 Å². The van der Waals surface area contributed by atoms with Crippen molar-refractivity contribution >= 4 is 34.1 Å². The Kier molecular flexibility index (Phi) is 5.71. The van der Waals surface area contributed by atoms with Gasteiger partial charge >= 0.3 is 5.97 Å². The number of fused-ring (bicyclic) bond motifs is 1. The van der Waals surface area contributed by atoms with Gasteiger partial charge in [-0.2, -0.15) is 0 Å². The van der Waals surface area contributed by atoms with Crippen molar-refractivity contribution < 1.29 is 19.4 Å². The standard InChI is InChI=1S/C20H20N2O4S/c1-13-12-22-17(14(2)21-20(22)27-13)9-10-18(23)15-5-7-16(8-6-15)26-11-3-4-19(24)25/h5-10,12H,3-4,11H2,1-2H3,(H,24,25)/b10-9+. The van der Waals surface area contributed by atoms with Gasteiger partial charge in [0.15, 0.2) is 10.7 Å². The van der Waals surface area contributed by atoms with Gasteiger partial charge in [-0.25, -0.2) is 4.98 Å². The Balaban J connectivity index is 1.64. The first-order chi connectivity index (χ1) is 12.9. The topological polar surface area (TPSA) is 80.9 Å². The van der Waals surface area contributed by atoms with Gasteiger partial charge in [0.05, 0.1) is 18.0 Å². The number of hydrogen-bond donors (Lipinski definition) is 1. The molecule has 3 rings (SSSR count). The van der Waals surface area contributed by atoms with Crippen LogP contribution in [0.5, 0.6) is 5.75 Å². The van der Waals surface area contributed by atoms with Crippen LogP contribution >= 0.6 is 11.3 Å². The van der Waals surface area contributed by atoms with Crippen LogP contribution in [-0.4, -0.2) is 32.9 Å². The average molecular weight is 384 g/mol. The zero-order valence-corrected chi connectivity index (χ0v) is 16.0. The number of carboxylic acid groups (broad SMARTS) is 1. The molecule has 0 aliphatic heterocycles. The van der Waals surface area contributed by atoms with Gasteiger partial charge in [-0.05, 0) is 56.7 Å². The van der Waals surface area contributed by atoms with E-state index in [9.17, 15) is 9.59 Å². The van der Waals surface area contributed by atoms with Crippen LogP contribution in [-0.2, 0) is 4.79 Å². The van der Waals surface area contributed by atoms with E-state index >= 15 is 0 Å². The molecule has 0 atom stereocenters. The SMILES string of the molecule is Cc1cn2c(/C=C/C(=O)c3ccc(OCCCC(=O)O)cc3)c(C)nc2s1. The Hall–Kier alpha value is -2.93. The number of carbonyl (C=O) groups excluding carboxylic acids is 1. The van der Waals surface area contributed by atoms with Crippen LogP contribution in [0.25, 0.3) is 11.0 Å². The van der Waals surface area contributed by atoms with E-state index in [4.69, 9.17) is 9.84 Å². The van der Waals surface area contributed by atoms with E-state index in [0.29, 0.717) is 24.3 Å². The highest BCUT2D eigenvalue weighted by Crippen LogP contribution is 2.22. The first kappa shape index (κ1) is 18.8. The minimum Gasteiger partial charge on any atom is -0.494 e. The van der Waals surface area contributed by atoms with Gasteiger partial charge in [0, 0.05) is 23.1 Å². The van der Waals surface area contributed by atoms with Crippen LogP contribution in [0.4, 0.5) is 0 Å². The van der Waals surface area contributed by atoms with Gasteiger partial charge in [-0.1, -0.05) is 0 Å². The number of nitrogens with zero attached hydrogens (tertiary/aromatic N) is 2. The fourth-order valence-electron chi connectivity index (χ4n) is 2.66. The number of benzene rings is 1. The molecule has 6 nitrogen and oxygen atoms in total. The lowest BCUT2D eigenvalue weighted by Crippen LogP contribution is -2.02. The van der Waals surface area contributed by atoms with Crippen molar-refractivity contribution in [3.63, 3.8) is 0 Å². The Labute approximate surface area is 160 Å². The van der Waals surface area contributed by atoms with Gasteiger partial charge in [-0.3, -0.25) is 14.0 Å². The predicted octanol–water partition coefficient (Wildman–Crippen LogP) is 4.15. The number of aliphatic carboxylic acids is 1. The Morgan fingerprint density at radius 3 is 2.70 bits per heavy atom. The van der Waals surface area contributed by atoms with Crippen molar-refractivity contribution in [2.24, 2.45) is 0 Å². The van der Waals surface area contributed by atoms with Crippen molar-refractivity contribution in [2.45, 2.75) is 26.7 Å². The maximum atomic E-state index is 12.4. The van der Waals surface area contributed by atoms with Crippen molar-refractivity contribution in [1.29, 1.82) is 0 Å². The van der Waals surface area contributed by atoms with E-state index < -0.39 is 5.97 Å². The smallest absolute Gasteiger partial charge is 0.303 e. The lowest BCUT2D eigenvalue weighted by molar-refractivity contribution is -0.137. The van der Waals surface area contributed by atoms with Crippen molar-refractivity contribution in [3.8, 4) is 5.75 Å². The van der Waals surface area contributed by atoms with Crippen molar-refractivity contribution in [1.82, 2.24) is 9.38 Å². The average Bonchev–Trinajstić information content (AvgIpc) is 3.12. The first-order valence-corrected chi connectivity index (χ1v) is 9.38. The van der Waals surface area contributed by atoms with Gasteiger partial charge in [0.2, 0.25) is 0 Å². The number of aromatic nitrogens is 2. The summed E-state index contributed by atoms with van der Waals surface area (Å²) in [6, 6.07) is 6.83. The van der Waals surface area contributed by atoms with Crippen molar-refractivity contribution in [3.05, 3.63) is 58.4 Å².